The molecule has 1 aliphatic rings. The van der Waals surface area contributed by atoms with E-state index in [2.05, 4.69) is 27.1 Å². The average Bonchev–Trinajstić information content (AvgIpc) is 3.11. The zero-order chi connectivity index (χ0) is 18.5. The maximum atomic E-state index is 13.3. The Balaban J connectivity index is 2.06. The fourth-order valence-corrected chi connectivity index (χ4v) is 3.79. The first kappa shape index (κ1) is 16.7. The first-order chi connectivity index (χ1) is 12.4. The topological polar surface area (TPSA) is 123 Å². The van der Waals surface area contributed by atoms with Gasteiger partial charge in [-0.25, -0.2) is 4.98 Å². The number of aliphatic hydroxyl groups is 1. The van der Waals surface area contributed by atoms with E-state index >= 15 is 0 Å². The number of nitrogens with zero attached hydrogens (tertiary/aromatic N) is 4. The molecule has 0 spiro atoms. The van der Waals surface area contributed by atoms with Crippen LogP contribution in [0.1, 0.15) is 38.3 Å². The lowest BCUT2D eigenvalue weighted by atomic mass is 9.84. The molecule has 0 radical (unpaired) electrons. The normalized spacial score (nSPS) is 23.4. The van der Waals surface area contributed by atoms with Crippen LogP contribution in [0.3, 0.4) is 0 Å². The molecule has 0 saturated heterocycles. The molecule has 4 N–H and O–H groups in total. The summed E-state index contributed by atoms with van der Waals surface area (Å²) in [5.41, 5.74) is 6.42. The SMILES string of the molecule is Cc1nc(N)nc2c1cc(-c1cn[nH]c1)c(=O)n2C1(O)CCC(C)CC1. The standard InChI is InChI=1S/C18H22N6O2/c1-10-3-5-18(26,6-4-10)24-15-13(11(2)22-17(19)23-15)7-14(16(24)25)12-8-20-21-9-12/h7-10,26H,3-6H2,1-2H3,(H,20,21)(H2,19,22,23). The third-order valence-electron chi connectivity index (χ3n) is 5.37. The number of aryl methyl sites for hydroxylation is 1. The summed E-state index contributed by atoms with van der Waals surface area (Å²) in [4.78, 5) is 21.9. The van der Waals surface area contributed by atoms with E-state index in [0.29, 0.717) is 46.6 Å². The number of fused-ring (bicyclic) bond motifs is 1. The van der Waals surface area contributed by atoms with Crippen molar-refractivity contribution in [3.05, 3.63) is 34.5 Å². The van der Waals surface area contributed by atoms with Crippen molar-refractivity contribution in [1.29, 1.82) is 0 Å². The average molecular weight is 354 g/mol. The number of nitrogen functional groups attached to an aromatic ring is 1. The van der Waals surface area contributed by atoms with Crippen molar-refractivity contribution in [2.75, 3.05) is 5.73 Å². The monoisotopic (exact) mass is 354 g/mol. The Morgan fingerprint density at radius 1 is 1.35 bits per heavy atom. The molecule has 136 valence electrons. The van der Waals surface area contributed by atoms with Gasteiger partial charge in [-0.3, -0.25) is 14.5 Å². The predicted molar refractivity (Wildman–Crippen MR) is 98.4 cm³/mol. The number of nitrogens with two attached hydrogens (primary N) is 1. The van der Waals surface area contributed by atoms with Crippen LogP contribution < -0.4 is 11.3 Å². The molecular weight excluding hydrogens is 332 g/mol. The van der Waals surface area contributed by atoms with E-state index in [1.165, 1.54) is 4.57 Å². The van der Waals surface area contributed by atoms with E-state index < -0.39 is 5.72 Å². The molecule has 0 atom stereocenters. The Labute approximate surface area is 150 Å². The minimum atomic E-state index is -1.28. The van der Waals surface area contributed by atoms with Crippen LogP contribution in [0, 0.1) is 12.8 Å². The van der Waals surface area contributed by atoms with E-state index in [0.717, 1.165) is 12.8 Å². The van der Waals surface area contributed by atoms with Gasteiger partial charge in [0.1, 0.15) is 5.72 Å². The van der Waals surface area contributed by atoms with E-state index in [1.54, 1.807) is 18.5 Å². The third kappa shape index (κ3) is 2.57. The molecule has 0 unspecified atom stereocenters. The van der Waals surface area contributed by atoms with Crippen LogP contribution >= 0.6 is 0 Å². The van der Waals surface area contributed by atoms with Crippen molar-refractivity contribution in [3.63, 3.8) is 0 Å². The zero-order valence-corrected chi connectivity index (χ0v) is 14.9. The summed E-state index contributed by atoms with van der Waals surface area (Å²) >= 11 is 0. The van der Waals surface area contributed by atoms with Gasteiger partial charge in [0.25, 0.3) is 5.56 Å². The highest BCUT2D eigenvalue weighted by molar-refractivity contribution is 5.84. The van der Waals surface area contributed by atoms with Gasteiger partial charge in [-0.05, 0) is 44.6 Å². The molecule has 26 heavy (non-hydrogen) atoms. The smallest absolute Gasteiger partial charge is 0.262 e. The number of hydrogen-bond donors (Lipinski definition) is 3. The summed E-state index contributed by atoms with van der Waals surface area (Å²) in [7, 11) is 0. The molecule has 1 fully saturated rings. The fraction of sp³-hybridized carbons (Fsp3) is 0.444. The summed E-state index contributed by atoms with van der Waals surface area (Å²) in [6.07, 6.45) is 5.95. The van der Waals surface area contributed by atoms with Crippen LogP contribution in [0.4, 0.5) is 5.95 Å². The van der Waals surface area contributed by atoms with Gasteiger partial charge >= 0.3 is 0 Å². The van der Waals surface area contributed by atoms with Crippen LogP contribution in [-0.4, -0.2) is 29.8 Å². The Hall–Kier alpha value is -2.74. The van der Waals surface area contributed by atoms with Gasteiger partial charge in [0, 0.05) is 17.1 Å². The molecule has 3 aromatic rings. The lowest BCUT2D eigenvalue weighted by Crippen LogP contribution is -2.44. The van der Waals surface area contributed by atoms with Crippen LogP contribution in [-0.2, 0) is 5.72 Å². The lowest BCUT2D eigenvalue weighted by Gasteiger charge is -2.37. The van der Waals surface area contributed by atoms with Crippen molar-refractivity contribution in [2.45, 2.75) is 45.3 Å². The highest BCUT2D eigenvalue weighted by Crippen LogP contribution is 2.37. The molecule has 0 aliphatic heterocycles. The Morgan fingerprint density at radius 2 is 2.08 bits per heavy atom. The van der Waals surface area contributed by atoms with E-state index in [1.807, 2.05) is 6.92 Å². The molecule has 3 heterocycles. The second-order valence-corrected chi connectivity index (χ2v) is 7.26. The summed E-state index contributed by atoms with van der Waals surface area (Å²) in [6.45, 7) is 3.98. The molecule has 8 heteroatoms. The first-order valence-corrected chi connectivity index (χ1v) is 8.81. The Kier molecular flexibility index (Phi) is 3.80. The molecule has 0 amide bonds. The van der Waals surface area contributed by atoms with Gasteiger partial charge in [0.2, 0.25) is 5.95 Å². The number of aromatic nitrogens is 5. The number of anilines is 1. The van der Waals surface area contributed by atoms with E-state index in [9.17, 15) is 9.90 Å². The molecular formula is C18H22N6O2. The first-order valence-electron chi connectivity index (χ1n) is 8.81. The molecule has 3 aromatic heterocycles. The summed E-state index contributed by atoms with van der Waals surface area (Å²) in [6, 6.07) is 1.75. The van der Waals surface area contributed by atoms with Gasteiger partial charge in [-0.2, -0.15) is 10.1 Å². The van der Waals surface area contributed by atoms with Crippen molar-refractivity contribution in [3.8, 4) is 11.1 Å². The Morgan fingerprint density at radius 3 is 2.73 bits per heavy atom. The lowest BCUT2D eigenvalue weighted by molar-refractivity contribution is -0.0774. The van der Waals surface area contributed by atoms with Crippen molar-refractivity contribution >= 4 is 17.0 Å². The van der Waals surface area contributed by atoms with E-state index in [-0.39, 0.29) is 11.5 Å². The zero-order valence-electron chi connectivity index (χ0n) is 14.9. The summed E-state index contributed by atoms with van der Waals surface area (Å²) in [5, 5.41) is 18.7. The van der Waals surface area contributed by atoms with Crippen molar-refractivity contribution in [2.24, 2.45) is 5.92 Å². The van der Waals surface area contributed by atoms with E-state index in [4.69, 9.17) is 5.73 Å². The van der Waals surface area contributed by atoms with Crippen molar-refractivity contribution in [1.82, 2.24) is 24.7 Å². The van der Waals surface area contributed by atoms with Gasteiger partial charge in [-0.1, -0.05) is 6.92 Å². The molecule has 0 aromatic carbocycles. The molecule has 4 rings (SSSR count). The molecule has 1 aliphatic carbocycles. The maximum Gasteiger partial charge on any atom is 0.262 e. The second kappa shape index (κ2) is 5.91. The van der Waals surface area contributed by atoms with Gasteiger partial charge in [0.15, 0.2) is 5.65 Å². The number of pyridine rings is 1. The highest BCUT2D eigenvalue weighted by Gasteiger charge is 2.37. The van der Waals surface area contributed by atoms with Crippen LogP contribution in [0.5, 0.6) is 0 Å². The maximum absolute atomic E-state index is 13.3. The van der Waals surface area contributed by atoms with Gasteiger partial charge < -0.3 is 10.8 Å². The molecule has 0 bridgehead atoms. The Bertz CT molecular complexity index is 1020. The second-order valence-electron chi connectivity index (χ2n) is 7.26. The van der Waals surface area contributed by atoms with Gasteiger partial charge in [-0.15, -0.1) is 0 Å². The summed E-state index contributed by atoms with van der Waals surface area (Å²) < 4.78 is 1.42. The number of H-pyrrole nitrogens is 1. The minimum absolute atomic E-state index is 0.0898. The minimum Gasteiger partial charge on any atom is -0.370 e. The van der Waals surface area contributed by atoms with Crippen molar-refractivity contribution < 1.29 is 5.11 Å². The van der Waals surface area contributed by atoms with Crippen LogP contribution in [0.15, 0.2) is 23.3 Å². The fourth-order valence-electron chi connectivity index (χ4n) is 3.79. The van der Waals surface area contributed by atoms with Crippen LogP contribution in [0.2, 0.25) is 0 Å². The largest absolute Gasteiger partial charge is 0.370 e. The van der Waals surface area contributed by atoms with Gasteiger partial charge in [0.05, 0.1) is 17.5 Å². The predicted octanol–water partition coefficient (Wildman–Crippen LogP) is 1.93. The summed E-state index contributed by atoms with van der Waals surface area (Å²) in [5.74, 6) is 0.614. The third-order valence-corrected chi connectivity index (χ3v) is 5.37. The highest BCUT2D eigenvalue weighted by atomic mass is 16.3. The number of aromatic amines is 1. The molecule has 8 nitrogen and oxygen atoms in total. The van der Waals surface area contributed by atoms with Crippen LogP contribution in [0.25, 0.3) is 22.2 Å². The number of nitrogens with one attached hydrogen (secondary N) is 1. The number of rotatable bonds is 2. The molecule has 1 saturated carbocycles. The quantitative estimate of drug-likeness (QED) is 0.646. The number of hydrogen-bond acceptors (Lipinski definition) is 6.